The fourth-order valence-corrected chi connectivity index (χ4v) is 2.32. The second-order valence-electron chi connectivity index (χ2n) is 4.90. The summed E-state index contributed by atoms with van der Waals surface area (Å²) in [6.07, 6.45) is 4.47. The molecule has 0 atom stereocenters. The zero-order valence-electron chi connectivity index (χ0n) is 12.6. The number of carbonyl (C=O) groups excluding carboxylic acids is 1. The highest BCUT2D eigenvalue weighted by Gasteiger charge is 2.24. The predicted molar refractivity (Wildman–Crippen MR) is 81.1 cm³/mol. The minimum atomic E-state index is -0.295. The van der Waals surface area contributed by atoms with Crippen LogP contribution in [0.2, 0.25) is 0 Å². The first kappa shape index (κ1) is 14.5. The summed E-state index contributed by atoms with van der Waals surface area (Å²) < 4.78 is 4.77. The molecule has 3 rings (SSSR count). The van der Waals surface area contributed by atoms with Crippen molar-refractivity contribution in [2.45, 2.75) is 39.5 Å². The Labute approximate surface area is 120 Å². The van der Waals surface area contributed by atoms with Gasteiger partial charge < -0.3 is 4.74 Å². The number of ether oxygens (including phenoxy) is 1. The minimum Gasteiger partial charge on any atom is -0.465 e. The molecule has 3 nitrogen and oxygen atoms in total. The number of pyridine rings is 1. The summed E-state index contributed by atoms with van der Waals surface area (Å²) in [7, 11) is 1.40. The van der Waals surface area contributed by atoms with Crippen LogP contribution < -0.4 is 0 Å². The lowest BCUT2D eigenvalue weighted by atomic mass is 10.0. The molecule has 0 amide bonds. The summed E-state index contributed by atoms with van der Waals surface area (Å²) in [5.41, 5.74) is 3.85. The SMILES string of the molecule is CC.COC(=O)c1cc(C)c2ncc(C3CC3)cc2c1. The highest BCUT2D eigenvalue weighted by molar-refractivity contribution is 5.95. The smallest absolute Gasteiger partial charge is 0.337 e. The van der Waals surface area contributed by atoms with Gasteiger partial charge in [0, 0.05) is 11.6 Å². The van der Waals surface area contributed by atoms with Crippen molar-refractivity contribution in [2.24, 2.45) is 0 Å². The number of fused-ring (bicyclic) bond motifs is 1. The second-order valence-corrected chi connectivity index (χ2v) is 4.90. The maximum absolute atomic E-state index is 11.6. The van der Waals surface area contributed by atoms with E-state index in [1.807, 2.05) is 39.1 Å². The van der Waals surface area contributed by atoms with Gasteiger partial charge in [-0.25, -0.2) is 4.79 Å². The molecular weight excluding hydrogens is 250 g/mol. The molecule has 0 radical (unpaired) electrons. The number of esters is 1. The van der Waals surface area contributed by atoms with Gasteiger partial charge in [0.2, 0.25) is 0 Å². The Hall–Kier alpha value is -1.90. The Kier molecular flexibility index (Phi) is 4.38. The number of aromatic nitrogens is 1. The molecule has 0 unspecified atom stereocenters. The maximum atomic E-state index is 11.6. The van der Waals surface area contributed by atoms with E-state index >= 15 is 0 Å². The molecule has 0 aliphatic heterocycles. The quantitative estimate of drug-likeness (QED) is 0.767. The highest BCUT2D eigenvalue weighted by Crippen LogP contribution is 2.40. The molecular formula is C17H21NO2. The van der Waals surface area contributed by atoms with Crippen molar-refractivity contribution >= 4 is 16.9 Å². The average molecular weight is 271 g/mol. The molecule has 1 aliphatic rings. The van der Waals surface area contributed by atoms with E-state index < -0.39 is 0 Å². The third-order valence-electron chi connectivity index (χ3n) is 3.46. The van der Waals surface area contributed by atoms with Gasteiger partial charge in [0.15, 0.2) is 0 Å². The minimum absolute atomic E-state index is 0.295. The average Bonchev–Trinajstić information content (AvgIpc) is 3.32. The third kappa shape index (κ3) is 2.82. The van der Waals surface area contributed by atoms with E-state index in [0.29, 0.717) is 11.5 Å². The van der Waals surface area contributed by atoms with Gasteiger partial charge in [-0.2, -0.15) is 0 Å². The molecule has 2 aromatic rings. The van der Waals surface area contributed by atoms with Crippen LogP contribution in [-0.2, 0) is 4.74 Å². The van der Waals surface area contributed by atoms with E-state index in [4.69, 9.17) is 4.74 Å². The zero-order valence-corrected chi connectivity index (χ0v) is 12.6. The van der Waals surface area contributed by atoms with Crippen LogP contribution in [0.4, 0.5) is 0 Å². The summed E-state index contributed by atoms with van der Waals surface area (Å²) in [5, 5.41) is 1.03. The molecule has 1 heterocycles. The molecule has 106 valence electrons. The Morgan fingerprint density at radius 3 is 2.55 bits per heavy atom. The first-order valence-corrected chi connectivity index (χ1v) is 7.17. The van der Waals surface area contributed by atoms with Crippen LogP contribution in [-0.4, -0.2) is 18.1 Å². The number of hydrogen-bond acceptors (Lipinski definition) is 3. The lowest BCUT2D eigenvalue weighted by Crippen LogP contribution is -2.02. The van der Waals surface area contributed by atoms with Crippen LogP contribution in [0.15, 0.2) is 24.4 Å². The van der Waals surface area contributed by atoms with Gasteiger partial charge in [-0.1, -0.05) is 13.8 Å². The molecule has 0 bridgehead atoms. The second kappa shape index (κ2) is 6.04. The van der Waals surface area contributed by atoms with Gasteiger partial charge in [0.25, 0.3) is 0 Å². The van der Waals surface area contributed by atoms with Crippen LogP contribution in [0.5, 0.6) is 0 Å². The molecule has 3 heteroatoms. The van der Waals surface area contributed by atoms with Crippen molar-refractivity contribution < 1.29 is 9.53 Å². The normalized spacial score (nSPS) is 13.6. The lowest BCUT2D eigenvalue weighted by molar-refractivity contribution is 0.0601. The fourth-order valence-electron chi connectivity index (χ4n) is 2.32. The number of rotatable bonds is 2. The van der Waals surface area contributed by atoms with Crippen molar-refractivity contribution in [1.82, 2.24) is 4.98 Å². The molecule has 1 saturated carbocycles. The van der Waals surface area contributed by atoms with E-state index in [-0.39, 0.29) is 5.97 Å². The van der Waals surface area contributed by atoms with Crippen molar-refractivity contribution in [1.29, 1.82) is 0 Å². The van der Waals surface area contributed by atoms with Crippen LogP contribution >= 0.6 is 0 Å². The van der Waals surface area contributed by atoms with Crippen molar-refractivity contribution in [3.8, 4) is 0 Å². The third-order valence-corrected chi connectivity index (χ3v) is 3.46. The highest BCUT2D eigenvalue weighted by atomic mass is 16.5. The molecule has 1 aliphatic carbocycles. The van der Waals surface area contributed by atoms with E-state index in [1.54, 1.807) is 0 Å². The van der Waals surface area contributed by atoms with Crippen molar-refractivity contribution in [2.75, 3.05) is 7.11 Å². The van der Waals surface area contributed by atoms with Gasteiger partial charge in [0.05, 0.1) is 18.2 Å². The molecule has 1 aromatic heterocycles. The standard InChI is InChI=1S/C15H15NO2.C2H6/c1-9-5-12(15(17)18-2)6-11-7-13(10-3-4-10)8-16-14(9)11;1-2/h5-8,10H,3-4H2,1-2H3;1-2H3. The molecule has 20 heavy (non-hydrogen) atoms. The topological polar surface area (TPSA) is 39.2 Å². The number of methoxy groups -OCH3 is 1. The molecule has 0 spiro atoms. The number of benzene rings is 1. The number of hydrogen-bond donors (Lipinski definition) is 0. The Morgan fingerprint density at radius 2 is 1.95 bits per heavy atom. The Bertz CT molecular complexity index is 630. The summed E-state index contributed by atoms with van der Waals surface area (Å²) in [6.45, 7) is 5.97. The summed E-state index contributed by atoms with van der Waals surface area (Å²) >= 11 is 0. The van der Waals surface area contributed by atoms with E-state index in [0.717, 1.165) is 16.5 Å². The molecule has 0 saturated heterocycles. The van der Waals surface area contributed by atoms with Crippen LogP contribution in [0.3, 0.4) is 0 Å². The van der Waals surface area contributed by atoms with Gasteiger partial charge in [0.1, 0.15) is 0 Å². The Balaban J connectivity index is 0.000000704. The van der Waals surface area contributed by atoms with Gasteiger partial charge in [-0.3, -0.25) is 4.98 Å². The first-order valence-electron chi connectivity index (χ1n) is 7.17. The first-order chi connectivity index (χ1) is 9.69. The van der Waals surface area contributed by atoms with Crippen molar-refractivity contribution in [3.63, 3.8) is 0 Å². The number of carbonyl (C=O) groups is 1. The van der Waals surface area contributed by atoms with Gasteiger partial charge in [-0.15, -0.1) is 0 Å². The van der Waals surface area contributed by atoms with Gasteiger partial charge >= 0.3 is 5.97 Å². The number of nitrogens with zero attached hydrogens (tertiary/aromatic N) is 1. The lowest BCUT2D eigenvalue weighted by Gasteiger charge is -2.07. The van der Waals surface area contributed by atoms with Crippen LogP contribution in [0.25, 0.3) is 10.9 Å². The Morgan fingerprint density at radius 1 is 1.25 bits per heavy atom. The molecule has 1 fully saturated rings. The summed E-state index contributed by atoms with van der Waals surface area (Å²) in [6, 6.07) is 5.85. The van der Waals surface area contributed by atoms with Crippen molar-refractivity contribution in [3.05, 3.63) is 41.1 Å². The van der Waals surface area contributed by atoms with Crippen LogP contribution in [0, 0.1) is 6.92 Å². The monoisotopic (exact) mass is 271 g/mol. The maximum Gasteiger partial charge on any atom is 0.337 e. The van der Waals surface area contributed by atoms with E-state index in [9.17, 15) is 4.79 Å². The van der Waals surface area contributed by atoms with E-state index in [1.165, 1.54) is 25.5 Å². The summed E-state index contributed by atoms with van der Waals surface area (Å²) in [4.78, 5) is 16.1. The summed E-state index contributed by atoms with van der Waals surface area (Å²) in [5.74, 6) is 0.376. The molecule has 0 N–H and O–H groups in total. The van der Waals surface area contributed by atoms with Crippen LogP contribution in [0.1, 0.15) is 54.1 Å². The largest absolute Gasteiger partial charge is 0.465 e. The molecule has 1 aromatic carbocycles. The van der Waals surface area contributed by atoms with Gasteiger partial charge in [-0.05, 0) is 55.0 Å². The zero-order chi connectivity index (χ0) is 14.7. The number of aryl methyl sites for hydroxylation is 1. The predicted octanol–water partition coefficient (Wildman–Crippen LogP) is 4.23. The fraction of sp³-hybridized carbons (Fsp3) is 0.412. The van der Waals surface area contributed by atoms with E-state index in [2.05, 4.69) is 11.1 Å².